The summed E-state index contributed by atoms with van der Waals surface area (Å²) in [6.07, 6.45) is -2.32. The molecule has 0 bridgehead atoms. The predicted octanol–water partition coefficient (Wildman–Crippen LogP) is 4.83. The van der Waals surface area contributed by atoms with Gasteiger partial charge in [-0.25, -0.2) is 0 Å². The van der Waals surface area contributed by atoms with Gasteiger partial charge in [-0.1, -0.05) is 51.8 Å². The van der Waals surface area contributed by atoms with Crippen molar-refractivity contribution in [2.75, 3.05) is 13.1 Å². The molecule has 114 valence electrons. The Balaban J connectivity index is 3.06. The monoisotopic (exact) mass is 287 g/mol. The maximum Gasteiger partial charge on any atom is 0.416 e. The smallest absolute Gasteiger partial charge is 0.316 e. The van der Waals surface area contributed by atoms with Gasteiger partial charge in [-0.05, 0) is 30.0 Å². The van der Waals surface area contributed by atoms with Crippen LogP contribution in [0.1, 0.15) is 50.7 Å². The first-order chi connectivity index (χ1) is 9.43. The molecule has 1 aromatic rings. The van der Waals surface area contributed by atoms with E-state index in [9.17, 15) is 13.2 Å². The summed E-state index contributed by atoms with van der Waals surface area (Å²) in [6, 6.07) is 5.77. The van der Waals surface area contributed by atoms with Crippen LogP contribution in [0.25, 0.3) is 0 Å². The molecule has 0 aliphatic rings. The SMILES string of the molecule is CCNCC(c1cccc(C(F)(F)F)c1)C(CC)CC. The molecule has 0 heterocycles. The number of benzene rings is 1. The van der Waals surface area contributed by atoms with Crippen LogP contribution < -0.4 is 5.32 Å². The summed E-state index contributed by atoms with van der Waals surface area (Å²) >= 11 is 0. The lowest BCUT2D eigenvalue weighted by molar-refractivity contribution is -0.137. The molecular weight excluding hydrogens is 263 g/mol. The van der Waals surface area contributed by atoms with Gasteiger partial charge in [-0.15, -0.1) is 0 Å². The zero-order chi connectivity index (χ0) is 15.2. The summed E-state index contributed by atoms with van der Waals surface area (Å²) in [4.78, 5) is 0. The number of hydrogen-bond acceptors (Lipinski definition) is 1. The molecule has 0 amide bonds. The molecule has 0 radical (unpaired) electrons. The molecule has 0 fully saturated rings. The molecule has 0 aliphatic heterocycles. The van der Waals surface area contributed by atoms with Gasteiger partial charge in [0.25, 0.3) is 0 Å². The minimum atomic E-state index is -4.27. The van der Waals surface area contributed by atoms with Crippen LogP contribution in [0.3, 0.4) is 0 Å². The van der Waals surface area contributed by atoms with Gasteiger partial charge >= 0.3 is 6.18 Å². The molecule has 0 saturated heterocycles. The van der Waals surface area contributed by atoms with Crippen LogP contribution in [0.4, 0.5) is 13.2 Å². The van der Waals surface area contributed by atoms with E-state index < -0.39 is 11.7 Å². The van der Waals surface area contributed by atoms with Crippen molar-refractivity contribution in [3.8, 4) is 0 Å². The fourth-order valence-electron chi connectivity index (χ4n) is 2.66. The van der Waals surface area contributed by atoms with Gasteiger partial charge in [0, 0.05) is 6.54 Å². The van der Waals surface area contributed by atoms with Gasteiger partial charge in [-0.3, -0.25) is 0 Å². The van der Waals surface area contributed by atoms with Gasteiger partial charge in [-0.2, -0.15) is 13.2 Å². The largest absolute Gasteiger partial charge is 0.416 e. The summed E-state index contributed by atoms with van der Waals surface area (Å²) in [5.74, 6) is 0.532. The molecule has 0 aromatic heterocycles. The van der Waals surface area contributed by atoms with Crippen molar-refractivity contribution < 1.29 is 13.2 Å². The summed E-state index contributed by atoms with van der Waals surface area (Å²) in [5, 5.41) is 3.27. The Morgan fingerprint density at radius 1 is 1.10 bits per heavy atom. The highest BCUT2D eigenvalue weighted by molar-refractivity contribution is 5.29. The quantitative estimate of drug-likeness (QED) is 0.757. The Morgan fingerprint density at radius 3 is 2.25 bits per heavy atom. The lowest BCUT2D eigenvalue weighted by Gasteiger charge is -2.26. The Bertz CT molecular complexity index is 397. The second-order valence-electron chi connectivity index (χ2n) is 5.11. The maximum absolute atomic E-state index is 12.8. The molecular formula is C16H24F3N. The van der Waals surface area contributed by atoms with Crippen LogP contribution in [0, 0.1) is 5.92 Å². The summed E-state index contributed by atoms with van der Waals surface area (Å²) in [6.45, 7) is 7.76. The third-order valence-electron chi connectivity index (χ3n) is 3.87. The number of alkyl halides is 3. The molecule has 0 saturated carbocycles. The highest BCUT2D eigenvalue weighted by Gasteiger charge is 2.31. The fraction of sp³-hybridized carbons (Fsp3) is 0.625. The zero-order valence-electron chi connectivity index (χ0n) is 12.4. The van der Waals surface area contributed by atoms with Crippen molar-refractivity contribution in [2.24, 2.45) is 5.92 Å². The van der Waals surface area contributed by atoms with E-state index in [2.05, 4.69) is 19.2 Å². The number of halogens is 3. The Morgan fingerprint density at radius 2 is 1.75 bits per heavy atom. The molecule has 1 unspecified atom stereocenters. The van der Waals surface area contributed by atoms with E-state index in [1.807, 2.05) is 13.0 Å². The van der Waals surface area contributed by atoms with Crippen molar-refractivity contribution in [1.29, 1.82) is 0 Å². The van der Waals surface area contributed by atoms with E-state index in [0.29, 0.717) is 5.92 Å². The third kappa shape index (κ3) is 4.51. The van der Waals surface area contributed by atoms with Gasteiger partial charge < -0.3 is 5.32 Å². The van der Waals surface area contributed by atoms with Gasteiger partial charge in [0.1, 0.15) is 0 Å². The van der Waals surface area contributed by atoms with E-state index in [4.69, 9.17) is 0 Å². The zero-order valence-corrected chi connectivity index (χ0v) is 12.4. The third-order valence-corrected chi connectivity index (χ3v) is 3.87. The van der Waals surface area contributed by atoms with E-state index >= 15 is 0 Å². The lowest BCUT2D eigenvalue weighted by atomic mass is 9.82. The first kappa shape index (κ1) is 17.0. The van der Waals surface area contributed by atoms with Crippen LogP contribution in [-0.2, 0) is 6.18 Å². The van der Waals surface area contributed by atoms with Crippen molar-refractivity contribution in [1.82, 2.24) is 5.32 Å². The van der Waals surface area contributed by atoms with Crippen LogP contribution >= 0.6 is 0 Å². The molecule has 1 rings (SSSR count). The van der Waals surface area contributed by atoms with Gasteiger partial charge in [0.05, 0.1) is 5.56 Å². The molecule has 1 nitrogen and oxygen atoms in total. The number of rotatable bonds is 7. The predicted molar refractivity (Wildman–Crippen MR) is 76.8 cm³/mol. The van der Waals surface area contributed by atoms with E-state index in [1.54, 1.807) is 0 Å². The highest BCUT2D eigenvalue weighted by Crippen LogP contribution is 2.34. The summed E-state index contributed by atoms with van der Waals surface area (Å²) < 4.78 is 38.5. The molecule has 20 heavy (non-hydrogen) atoms. The normalized spacial score (nSPS) is 13.8. The Hall–Kier alpha value is -1.03. The summed E-state index contributed by atoms with van der Waals surface area (Å²) in [5.41, 5.74) is 0.233. The second-order valence-corrected chi connectivity index (χ2v) is 5.11. The number of likely N-dealkylation sites (N-methyl/N-ethyl adjacent to an activating group) is 1. The lowest BCUT2D eigenvalue weighted by Crippen LogP contribution is -2.26. The van der Waals surface area contributed by atoms with Gasteiger partial charge in [0.15, 0.2) is 0 Å². The van der Waals surface area contributed by atoms with E-state index in [1.165, 1.54) is 12.1 Å². The summed E-state index contributed by atoms with van der Waals surface area (Å²) in [7, 11) is 0. The molecule has 1 N–H and O–H groups in total. The minimum Gasteiger partial charge on any atom is -0.316 e. The first-order valence-corrected chi connectivity index (χ1v) is 7.31. The standard InChI is InChI=1S/C16H24F3N/c1-4-12(5-2)15(11-20-6-3)13-8-7-9-14(10-13)16(17,18)19/h7-10,12,15,20H,4-6,11H2,1-3H3. The first-order valence-electron chi connectivity index (χ1n) is 7.31. The number of hydrogen-bond donors (Lipinski definition) is 1. The molecule has 0 aliphatic carbocycles. The molecule has 0 spiro atoms. The van der Waals surface area contributed by atoms with Crippen molar-refractivity contribution in [2.45, 2.75) is 45.7 Å². The average molecular weight is 287 g/mol. The second kappa shape index (κ2) is 7.67. The van der Waals surface area contributed by atoms with Crippen LogP contribution in [0.15, 0.2) is 24.3 Å². The molecule has 4 heteroatoms. The molecule has 1 aromatic carbocycles. The Kier molecular flexibility index (Phi) is 6.53. The van der Waals surface area contributed by atoms with Crippen LogP contribution in [0.5, 0.6) is 0 Å². The van der Waals surface area contributed by atoms with Gasteiger partial charge in [0.2, 0.25) is 0 Å². The Labute approximate surface area is 119 Å². The molecule has 1 atom stereocenters. The van der Waals surface area contributed by atoms with Crippen LogP contribution in [0.2, 0.25) is 0 Å². The average Bonchev–Trinajstić information content (AvgIpc) is 2.42. The maximum atomic E-state index is 12.8. The van der Waals surface area contributed by atoms with E-state index in [-0.39, 0.29) is 5.92 Å². The van der Waals surface area contributed by atoms with Crippen molar-refractivity contribution >= 4 is 0 Å². The van der Waals surface area contributed by atoms with Crippen LogP contribution in [-0.4, -0.2) is 13.1 Å². The number of nitrogens with one attached hydrogen (secondary N) is 1. The highest BCUT2D eigenvalue weighted by atomic mass is 19.4. The fourth-order valence-corrected chi connectivity index (χ4v) is 2.66. The minimum absolute atomic E-state index is 0.132. The van der Waals surface area contributed by atoms with E-state index in [0.717, 1.165) is 37.6 Å². The van der Waals surface area contributed by atoms with Crippen molar-refractivity contribution in [3.63, 3.8) is 0 Å². The topological polar surface area (TPSA) is 12.0 Å². The van der Waals surface area contributed by atoms with Crippen molar-refractivity contribution in [3.05, 3.63) is 35.4 Å².